The fraction of sp³-hybridized carbons (Fsp3) is 0.176. The molecule has 0 saturated carbocycles. The topological polar surface area (TPSA) is 40.5 Å². The van der Waals surface area contributed by atoms with Gasteiger partial charge in [-0.05, 0) is 40.8 Å². The van der Waals surface area contributed by atoms with E-state index in [1.165, 1.54) is 0 Å². The Hall–Kier alpha value is -2.06. The van der Waals surface area contributed by atoms with Gasteiger partial charge in [0.25, 0.3) is 0 Å². The van der Waals surface area contributed by atoms with Gasteiger partial charge in [0.15, 0.2) is 0 Å². The molecule has 0 fully saturated rings. The molecule has 0 aliphatic rings. The number of phenols is 1. The third-order valence-corrected chi connectivity index (χ3v) is 3.14. The number of hydrogen-bond donors (Lipinski definition) is 2. The van der Waals surface area contributed by atoms with Gasteiger partial charge in [0.1, 0.15) is 5.75 Å². The summed E-state index contributed by atoms with van der Waals surface area (Å²) in [6.45, 7) is 2.06. The lowest BCUT2D eigenvalue weighted by molar-refractivity contribution is 0.343. The second-order valence-electron chi connectivity index (χ2n) is 4.36. The van der Waals surface area contributed by atoms with Crippen molar-refractivity contribution in [2.24, 2.45) is 0 Å². The number of aromatic hydroxyl groups is 1. The molecule has 19 heavy (non-hydrogen) atoms. The molecular weight excluding hydrogens is 236 g/mol. The summed E-state index contributed by atoms with van der Waals surface area (Å²) >= 11 is 0. The molecule has 0 bridgehead atoms. The first-order valence-corrected chi connectivity index (χ1v) is 6.45. The van der Waals surface area contributed by atoms with E-state index in [-0.39, 0.29) is 12.4 Å². The van der Waals surface area contributed by atoms with Gasteiger partial charge in [0.2, 0.25) is 0 Å². The van der Waals surface area contributed by atoms with E-state index in [1.54, 1.807) is 18.2 Å². The summed E-state index contributed by atoms with van der Waals surface area (Å²) in [5.41, 5.74) is 4.12. The number of aliphatic hydroxyl groups is 1. The van der Waals surface area contributed by atoms with Gasteiger partial charge in [-0.2, -0.15) is 0 Å². The van der Waals surface area contributed by atoms with Crippen molar-refractivity contribution >= 4 is 5.57 Å². The summed E-state index contributed by atoms with van der Waals surface area (Å²) in [5, 5.41) is 19.0. The third kappa shape index (κ3) is 3.04. The van der Waals surface area contributed by atoms with E-state index in [1.807, 2.05) is 36.4 Å². The zero-order valence-electron chi connectivity index (χ0n) is 11.0. The highest BCUT2D eigenvalue weighted by molar-refractivity contribution is 5.82. The third-order valence-electron chi connectivity index (χ3n) is 3.14. The molecule has 2 heteroatoms. The smallest absolute Gasteiger partial charge is 0.116 e. The van der Waals surface area contributed by atoms with Crippen LogP contribution in [0, 0.1) is 0 Å². The first kappa shape index (κ1) is 13.4. The lowest BCUT2D eigenvalue weighted by atomic mass is 9.92. The van der Waals surface area contributed by atoms with Crippen molar-refractivity contribution in [2.75, 3.05) is 6.61 Å². The van der Waals surface area contributed by atoms with Gasteiger partial charge in [0.05, 0.1) is 6.61 Å². The Kier molecular flexibility index (Phi) is 4.37. The van der Waals surface area contributed by atoms with Crippen molar-refractivity contribution in [1.82, 2.24) is 0 Å². The molecule has 2 N–H and O–H groups in total. The van der Waals surface area contributed by atoms with Gasteiger partial charge < -0.3 is 10.2 Å². The van der Waals surface area contributed by atoms with Gasteiger partial charge in [-0.25, -0.2) is 0 Å². The lowest BCUT2D eigenvalue weighted by Crippen LogP contribution is -1.95. The van der Waals surface area contributed by atoms with Crippen LogP contribution in [0.15, 0.2) is 54.6 Å². The highest BCUT2D eigenvalue weighted by Crippen LogP contribution is 2.29. The molecule has 2 nitrogen and oxygen atoms in total. The SMILES string of the molecule is CCc1ccc(O)cc1/C(=C\CO)c1ccccc1. The van der Waals surface area contributed by atoms with E-state index in [4.69, 9.17) is 0 Å². The zero-order chi connectivity index (χ0) is 13.7. The van der Waals surface area contributed by atoms with Crippen molar-refractivity contribution in [3.05, 3.63) is 71.3 Å². The minimum atomic E-state index is -0.0248. The number of phenolic OH excluding ortho intramolecular Hbond substituents is 1. The second-order valence-corrected chi connectivity index (χ2v) is 4.36. The van der Waals surface area contributed by atoms with E-state index in [2.05, 4.69) is 6.92 Å². The fourth-order valence-electron chi connectivity index (χ4n) is 2.22. The Bertz CT molecular complexity index is 571. The molecule has 0 heterocycles. The predicted octanol–water partition coefficient (Wildman–Crippen LogP) is 3.38. The standard InChI is InChI=1S/C17H18O2/c1-2-13-8-9-15(19)12-17(13)16(10-11-18)14-6-4-3-5-7-14/h3-10,12,18-19H,2,11H2,1H3/b16-10-. The Morgan fingerprint density at radius 3 is 2.47 bits per heavy atom. The van der Waals surface area contributed by atoms with E-state index < -0.39 is 0 Å². The Morgan fingerprint density at radius 1 is 1.11 bits per heavy atom. The molecule has 0 spiro atoms. The van der Waals surface area contributed by atoms with Gasteiger partial charge in [-0.1, -0.05) is 49.4 Å². The number of benzene rings is 2. The van der Waals surface area contributed by atoms with Crippen LogP contribution in [0.3, 0.4) is 0 Å². The van der Waals surface area contributed by atoms with E-state index in [9.17, 15) is 10.2 Å². The van der Waals surface area contributed by atoms with Crippen molar-refractivity contribution in [1.29, 1.82) is 0 Å². The number of rotatable bonds is 4. The molecule has 2 rings (SSSR count). The Morgan fingerprint density at radius 2 is 1.84 bits per heavy atom. The summed E-state index contributed by atoms with van der Waals surface area (Å²) in [5.74, 6) is 0.243. The van der Waals surface area contributed by atoms with E-state index >= 15 is 0 Å². The van der Waals surface area contributed by atoms with Crippen LogP contribution >= 0.6 is 0 Å². The first-order chi connectivity index (χ1) is 9.26. The van der Waals surface area contributed by atoms with Gasteiger partial charge >= 0.3 is 0 Å². The maximum absolute atomic E-state index is 9.71. The number of aliphatic hydroxyl groups excluding tert-OH is 1. The fourth-order valence-corrected chi connectivity index (χ4v) is 2.22. The molecule has 0 unspecified atom stereocenters. The minimum Gasteiger partial charge on any atom is -0.508 e. The molecule has 0 aliphatic carbocycles. The average Bonchev–Trinajstić information content (AvgIpc) is 2.45. The van der Waals surface area contributed by atoms with Crippen LogP contribution in [-0.4, -0.2) is 16.8 Å². The molecule has 2 aromatic carbocycles. The molecule has 0 saturated heterocycles. The molecule has 0 aliphatic heterocycles. The monoisotopic (exact) mass is 254 g/mol. The first-order valence-electron chi connectivity index (χ1n) is 6.45. The Labute approximate surface area is 113 Å². The summed E-state index contributed by atoms with van der Waals surface area (Å²) in [7, 11) is 0. The Balaban J connectivity index is 2.58. The van der Waals surface area contributed by atoms with E-state index in [0.717, 1.165) is 28.7 Å². The molecule has 0 atom stereocenters. The minimum absolute atomic E-state index is 0.0248. The molecular formula is C17H18O2. The summed E-state index contributed by atoms with van der Waals surface area (Å²) in [6, 6.07) is 15.3. The maximum Gasteiger partial charge on any atom is 0.116 e. The zero-order valence-corrected chi connectivity index (χ0v) is 11.0. The lowest BCUT2D eigenvalue weighted by Gasteiger charge is -2.13. The van der Waals surface area contributed by atoms with Crippen molar-refractivity contribution in [2.45, 2.75) is 13.3 Å². The highest BCUT2D eigenvalue weighted by atomic mass is 16.3. The van der Waals surface area contributed by atoms with Crippen LogP contribution < -0.4 is 0 Å². The van der Waals surface area contributed by atoms with Crippen LogP contribution in [0.25, 0.3) is 5.57 Å². The van der Waals surface area contributed by atoms with Gasteiger partial charge in [-0.3, -0.25) is 0 Å². The van der Waals surface area contributed by atoms with Crippen molar-refractivity contribution in [3.63, 3.8) is 0 Å². The highest BCUT2D eigenvalue weighted by Gasteiger charge is 2.09. The quantitative estimate of drug-likeness (QED) is 0.878. The largest absolute Gasteiger partial charge is 0.508 e. The van der Waals surface area contributed by atoms with Crippen molar-refractivity contribution in [3.8, 4) is 5.75 Å². The second kappa shape index (κ2) is 6.21. The van der Waals surface area contributed by atoms with Crippen LogP contribution in [-0.2, 0) is 6.42 Å². The van der Waals surface area contributed by atoms with E-state index in [0.29, 0.717) is 0 Å². The summed E-state index contributed by atoms with van der Waals surface area (Å²) in [4.78, 5) is 0. The van der Waals surface area contributed by atoms with Crippen LogP contribution in [0.2, 0.25) is 0 Å². The molecule has 0 radical (unpaired) electrons. The van der Waals surface area contributed by atoms with Gasteiger partial charge in [-0.15, -0.1) is 0 Å². The van der Waals surface area contributed by atoms with Crippen LogP contribution in [0.1, 0.15) is 23.6 Å². The van der Waals surface area contributed by atoms with Gasteiger partial charge in [0, 0.05) is 0 Å². The summed E-state index contributed by atoms with van der Waals surface area (Å²) < 4.78 is 0. The van der Waals surface area contributed by atoms with Crippen molar-refractivity contribution < 1.29 is 10.2 Å². The maximum atomic E-state index is 9.71. The predicted molar refractivity (Wildman–Crippen MR) is 78.1 cm³/mol. The molecule has 0 amide bonds. The summed E-state index contributed by atoms with van der Waals surface area (Å²) in [6.07, 6.45) is 2.66. The average molecular weight is 254 g/mol. The molecule has 98 valence electrons. The van der Waals surface area contributed by atoms with Crippen LogP contribution in [0.4, 0.5) is 0 Å². The number of aryl methyl sites for hydroxylation is 1. The molecule has 2 aromatic rings. The number of hydrogen-bond acceptors (Lipinski definition) is 2. The van der Waals surface area contributed by atoms with Crippen LogP contribution in [0.5, 0.6) is 5.75 Å². The molecule has 0 aromatic heterocycles. The normalized spacial score (nSPS) is 11.6.